The molecule has 15 heavy (non-hydrogen) atoms. The van der Waals surface area contributed by atoms with Crippen LogP contribution in [0.1, 0.15) is 10.4 Å². The molecule has 0 saturated heterocycles. The molecule has 0 unspecified atom stereocenters. The van der Waals surface area contributed by atoms with Gasteiger partial charge in [-0.15, -0.1) is 0 Å². The Morgan fingerprint density at radius 1 is 1.27 bits per heavy atom. The molecule has 2 nitrogen and oxygen atoms in total. The van der Waals surface area contributed by atoms with Crippen molar-refractivity contribution in [2.45, 2.75) is 0 Å². The van der Waals surface area contributed by atoms with Crippen LogP contribution in [0.4, 0.5) is 0 Å². The third kappa shape index (κ3) is 1.81. The summed E-state index contributed by atoms with van der Waals surface area (Å²) in [5, 5.41) is 2.51. The normalized spacial score (nSPS) is 10.3. The van der Waals surface area contributed by atoms with Gasteiger partial charge >= 0.3 is 0 Å². The Kier molecular flexibility index (Phi) is 2.60. The molecule has 0 aromatic heterocycles. The summed E-state index contributed by atoms with van der Waals surface area (Å²) < 4.78 is 5.21. The monoisotopic (exact) mass is 220 g/mol. The first-order valence-corrected chi connectivity index (χ1v) is 4.85. The van der Waals surface area contributed by atoms with Gasteiger partial charge in [0.25, 0.3) is 0 Å². The van der Waals surface area contributed by atoms with Crippen LogP contribution in [0, 0.1) is 0 Å². The molecule has 2 aromatic carbocycles. The van der Waals surface area contributed by atoms with Gasteiger partial charge in [-0.3, -0.25) is 4.79 Å². The second kappa shape index (κ2) is 3.91. The van der Waals surface area contributed by atoms with E-state index in [1.807, 2.05) is 12.1 Å². The maximum atomic E-state index is 10.7. The summed E-state index contributed by atoms with van der Waals surface area (Å²) in [6.45, 7) is 0. The average molecular weight is 221 g/mol. The predicted octanol–water partition coefficient (Wildman–Crippen LogP) is 3.31. The lowest BCUT2D eigenvalue weighted by atomic mass is 10.1. The molecule has 0 atom stereocenters. The molecule has 0 fully saturated rings. The van der Waals surface area contributed by atoms with E-state index in [4.69, 9.17) is 16.3 Å². The number of fused-ring (bicyclic) bond motifs is 1. The summed E-state index contributed by atoms with van der Waals surface area (Å²) >= 11 is 5.90. The number of carbonyl (C=O) groups excluding carboxylic acids is 1. The van der Waals surface area contributed by atoms with E-state index in [9.17, 15) is 4.79 Å². The molecule has 0 amide bonds. The van der Waals surface area contributed by atoms with E-state index in [2.05, 4.69) is 0 Å². The highest BCUT2D eigenvalue weighted by molar-refractivity contribution is 6.31. The highest BCUT2D eigenvalue weighted by atomic mass is 35.5. The molecule has 0 saturated carbocycles. The van der Waals surface area contributed by atoms with Gasteiger partial charge in [0, 0.05) is 16.0 Å². The zero-order valence-corrected chi connectivity index (χ0v) is 8.91. The lowest BCUT2D eigenvalue weighted by molar-refractivity contribution is 0.112. The molecular formula is C12H9ClO2. The number of hydrogen-bond donors (Lipinski definition) is 0. The van der Waals surface area contributed by atoms with Crippen LogP contribution in [0.15, 0.2) is 30.3 Å². The average Bonchev–Trinajstić information content (AvgIpc) is 2.27. The van der Waals surface area contributed by atoms with Gasteiger partial charge in [0.15, 0.2) is 0 Å². The van der Waals surface area contributed by atoms with Gasteiger partial charge in [0.2, 0.25) is 0 Å². The lowest BCUT2D eigenvalue weighted by Gasteiger charge is -2.06. The number of benzene rings is 2. The quantitative estimate of drug-likeness (QED) is 0.726. The Labute approximate surface area is 92.4 Å². The zero-order chi connectivity index (χ0) is 10.8. The van der Waals surface area contributed by atoms with E-state index in [1.165, 1.54) is 0 Å². The van der Waals surface area contributed by atoms with Crippen molar-refractivity contribution in [2.24, 2.45) is 0 Å². The Hall–Kier alpha value is -1.54. The number of aldehydes is 1. The van der Waals surface area contributed by atoms with Crippen LogP contribution >= 0.6 is 11.6 Å². The van der Waals surface area contributed by atoms with E-state index in [0.717, 1.165) is 17.1 Å². The molecule has 0 bridgehead atoms. The molecule has 76 valence electrons. The van der Waals surface area contributed by atoms with Crippen LogP contribution in [0.3, 0.4) is 0 Å². The number of carbonyl (C=O) groups is 1. The van der Waals surface area contributed by atoms with Crippen LogP contribution in [-0.2, 0) is 0 Å². The standard InChI is InChI=1S/C12H9ClO2/c1-15-12-5-8(7-14)4-9-2-3-10(13)6-11(9)12/h2-7H,1H3. The molecular weight excluding hydrogens is 212 g/mol. The molecule has 0 N–H and O–H groups in total. The molecule has 0 radical (unpaired) electrons. The first kappa shape index (κ1) is 9.99. The van der Waals surface area contributed by atoms with Crippen molar-refractivity contribution in [1.82, 2.24) is 0 Å². The van der Waals surface area contributed by atoms with Gasteiger partial charge in [0.05, 0.1) is 7.11 Å². The summed E-state index contributed by atoms with van der Waals surface area (Å²) in [6.07, 6.45) is 0.802. The zero-order valence-electron chi connectivity index (χ0n) is 8.16. The maximum Gasteiger partial charge on any atom is 0.150 e. The fraction of sp³-hybridized carbons (Fsp3) is 0.0833. The van der Waals surface area contributed by atoms with Gasteiger partial charge in [-0.2, -0.15) is 0 Å². The van der Waals surface area contributed by atoms with E-state index >= 15 is 0 Å². The molecule has 0 spiro atoms. The predicted molar refractivity (Wildman–Crippen MR) is 60.9 cm³/mol. The number of rotatable bonds is 2. The van der Waals surface area contributed by atoms with Crippen molar-refractivity contribution < 1.29 is 9.53 Å². The fourth-order valence-electron chi connectivity index (χ4n) is 1.56. The second-order valence-corrected chi connectivity index (χ2v) is 3.64. The SMILES string of the molecule is COc1cc(C=O)cc2ccc(Cl)cc12. The second-order valence-electron chi connectivity index (χ2n) is 3.21. The summed E-state index contributed by atoms with van der Waals surface area (Å²) in [5.74, 6) is 0.664. The first-order valence-electron chi connectivity index (χ1n) is 4.47. The molecule has 2 rings (SSSR count). The minimum absolute atomic E-state index is 0.599. The van der Waals surface area contributed by atoms with E-state index in [0.29, 0.717) is 16.3 Å². The summed E-state index contributed by atoms with van der Waals surface area (Å²) in [5.41, 5.74) is 0.599. The number of hydrogen-bond acceptors (Lipinski definition) is 2. The molecule has 3 heteroatoms. The molecule has 0 aliphatic carbocycles. The van der Waals surface area contributed by atoms with Crippen LogP contribution in [0.25, 0.3) is 10.8 Å². The van der Waals surface area contributed by atoms with Gasteiger partial charge in [0.1, 0.15) is 12.0 Å². The van der Waals surface area contributed by atoms with Crippen molar-refractivity contribution in [3.05, 3.63) is 40.9 Å². The molecule has 0 aliphatic heterocycles. The van der Waals surface area contributed by atoms with Gasteiger partial charge in [-0.25, -0.2) is 0 Å². The van der Waals surface area contributed by atoms with E-state index in [-0.39, 0.29) is 0 Å². The molecule has 0 heterocycles. The first-order chi connectivity index (χ1) is 7.24. The highest BCUT2D eigenvalue weighted by Crippen LogP contribution is 2.29. The summed E-state index contributed by atoms with van der Waals surface area (Å²) in [7, 11) is 1.57. The Balaban J connectivity index is 2.80. The maximum absolute atomic E-state index is 10.7. The highest BCUT2D eigenvalue weighted by Gasteiger charge is 2.04. The minimum Gasteiger partial charge on any atom is -0.496 e. The Morgan fingerprint density at radius 3 is 2.73 bits per heavy atom. The van der Waals surface area contributed by atoms with Crippen molar-refractivity contribution in [3.63, 3.8) is 0 Å². The topological polar surface area (TPSA) is 26.3 Å². The van der Waals surface area contributed by atoms with E-state index in [1.54, 1.807) is 25.3 Å². The summed E-state index contributed by atoms with van der Waals surface area (Å²) in [6, 6.07) is 8.99. The Bertz CT molecular complexity index is 520. The number of ether oxygens (including phenoxy) is 1. The van der Waals surface area contributed by atoms with Gasteiger partial charge in [-0.05, 0) is 29.7 Å². The van der Waals surface area contributed by atoms with E-state index < -0.39 is 0 Å². The molecule has 0 aliphatic rings. The van der Waals surface area contributed by atoms with Crippen molar-refractivity contribution in [2.75, 3.05) is 7.11 Å². The van der Waals surface area contributed by atoms with Crippen LogP contribution in [0.2, 0.25) is 5.02 Å². The number of methoxy groups -OCH3 is 1. The largest absolute Gasteiger partial charge is 0.496 e. The third-order valence-electron chi connectivity index (χ3n) is 2.26. The fourth-order valence-corrected chi connectivity index (χ4v) is 1.73. The lowest BCUT2D eigenvalue weighted by Crippen LogP contribution is -1.88. The van der Waals surface area contributed by atoms with Crippen LogP contribution in [-0.4, -0.2) is 13.4 Å². The van der Waals surface area contributed by atoms with Crippen LogP contribution < -0.4 is 4.74 Å². The molecule has 2 aromatic rings. The van der Waals surface area contributed by atoms with Crippen molar-refractivity contribution >= 4 is 28.7 Å². The Morgan fingerprint density at radius 2 is 2.07 bits per heavy atom. The van der Waals surface area contributed by atoms with Gasteiger partial charge < -0.3 is 4.74 Å². The third-order valence-corrected chi connectivity index (χ3v) is 2.49. The van der Waals surface area contributed by atoms with Crippen LogP contribution in [0.5, 0.6) is 5.75 Å². The van der Waals surface area contributed by atoms with Crippen molar-refractivity contribution in [1.29, 1.82) is 0 Å². The summed E-state index contributed by atoms with van der Waals surface area (Å²) in [4.78, 5) is 10.7. The van der Waals surface area contributed by atoms with Crippen molar-refractivity contribution in [3.8, 4) is 5.75 Å². The number of halogens is 1. The minimum atomic E-state index is 0.599. The van der Waals surface area contributed by atoms with Gasteiger partial charge in [-0.1, -0.05) is 17.7 Å². The smallest absolute Gasteiger partial charge is 0.150 e.